The molecule has 1 amide bonds. The number of carbonyl (C=O) groups excluding carboxylic acids is 1. The number of hydrazone groups is 1. The van der Waals surface area contributed by atoms with Crippen molar-refractivity contribution in [3.63, 3.8) is 0 Å². The van der Waals surface area contributed by atoms with Gasteiger partial charge in [0.05, 0.1) is 0 Å². The highest BCUT2D eigenvalue weighted by molar-refractivity contribution is 5.90. The molecular weight excluding hydrogens is 106 g/mol. The van der Waals surface area contributed by atoms with E-state index in [0.29, 0.717) is 13.0 Å². The van der Waals surface area contributed by atoms with Crippen molar-refractivity contribution in [1.82, 2.24) is 10.7 Å². The number of hydrogen-bond donors (Lipinski definition) is 2. The number of rotatable bonds is 4. The lowest BCUT2D eigenvalue weighted by Crippen LogP contribution is -2.14. The van der Waals surface area contributed by atoms with Crippen LogP contribution in [0, 0.1) is 0 Å². The fraction of sp³-hybridized carbons (Fsp3) is 0.500. The largest absolute Gasteiger partial charge is 0.358 e. The van der Waals surface area contributed by atoms with E-state index in [1.165, 1.54) is 0 Å². The SMILES string of the molecule is O=CNCCC1=NN1. The predicted octanol–water partition coefficient (Wildman–Crippen LogP) is -0.961. The molecule has 0 aromatic rings. The number of nitrogens with zero attached hydrogens (tertiary/aromatic N) is 1. The molecule has 0 atom stereocenters. The molecule has 0 radical (unpaired) electrons. The maximum Gasteiger partial charge on any atom is 0.207 e. The molecule has 0 spiro atoms. The van der Waals surface area contributed by atoms with E-state index >= 15 is 0 Å². The Kier molecular flexibility index (Phi) is 1.46. The summed E-state index contributed by atoms with van der Waals surface area (Å²) in [5.41, 5.74) is 2.68. The Morgan fingerprint density at radius 1 is 1.88 bits per heavy atom. The van der Waals surface area contributed by atoms with Crippen LogP contribution in [0.5, 0.6) is 0 Å². The van der Waals surface area contributed by atoms with Crippen LogP contribution < -0.4 is 10.7 Å². The molecule has 0 saturated heterocycles. The minimum atomic E-state index is 0.676. The minimum Gasteiger partial charge on any atom is -0.358 e. The van der Waals surface area contributed by atoms with Gasteiger partial charge < -0.3 is 5.32 Å². The van der Waals surface area contributed by atoms with Crippen LogP contribution in [0.15, 0.2) is 5.10 Å². The van der Waals surface area contributed by atoms with Gasteiger partial charge in [0.25, 0.3) is 0 Å². The number of nitrogens with one attached hydrogen (secondary N) is 2. The molecule has 2 N–H and O–H groups in total. The molecule has 4 heteroatoms. The Bertz CT molecular complexity index is 120. The van der Waals surface area contributed by atoms with Crippen molar-refractivity contribution in [3.05, 3.63) is 0 Å². The van der Waals surface area contributed by atoms with Gasteiger partial charge in [0.15, 0.2) is 0 Å². The van der Waals surface area contributed by atoms with Gasteiger partial charge in [0.2, 0.25) is 6.41 Å². The van der Waals surface area contributed by atoms with Crippen molar-refractivity contribution in [2.45, 2.75) is 6.42 Å². The van der Waals surface area contributed by atoms with Crippen molar-refractivity contribution < 1.29 is 4.79 Å². The van der Waals surface area contributed by atoms with E-state index in [1.807, 2.05) is 0 Å². The molecule has 0 aliphatic carbocycles. The molecule has 0 bridgehead atoms. The lowest BCUT2D eigenvalue weighted by Gasteiger charge is -1.87. The highest BCUT2D eigenvalue weighted by Crippen LogP contribution is 1.89. The van der Waals surface area contributed by atoms with E-state index in [-0.39, 0.29) is 0 Å². The van der Waals surface area contributed by atoms with Gasteiger partial charge in [-0.15, -0.1) is 0 Å². The summed E-state index contributed by atoms with van der Waals surface area (Å²) in [6.07, 6.45) is 1.50. The normalized spacial score (nSPS) is 13.8. The smallest absolute Gasteiger partial charge is 0.207 e. The molecule has 0 aromatic heterocycles. The number of hydrogen-bond acceptors (Lipinski definition) is 3. The van der Waals surface area contributed by atoms with Crippen LogP contribution >= 0.6 is 0 Å². The molecule has 1 aliphatic heterocycles. The van der Waals surface area contributed by atoms with Crippen molar-refractivity contribution in [2.75, 3.05) is 6.54 Å². The molecule has 0 unspecified atom stereocenters. The fourth-order valence-electron chi connectivity index (χ4n) is 0.401. The Hall–Kier alpha value is -1.06. The third-order valence-corrected chi connectivity index (χ3v) is 0.859. The van der Waals surface area contributed by atoms with Crippen LogP contribution in [0.4, 0.5) is 0 Å². The Balaban J connectivity index is 1.88. The highest BCUT2D eigenvalue weighted by atomic mass is 16.1. The first kappa shape index (κ1) is 5.08. The fourth-order valence-corrected chi connectivity index (χ4v) is 0.401. The van der Waals surface area contributed by atoms with Crippen molar-refractivity contribution >= 4 is 12.2 Å². The van der Waals surface area contributed by atoms with Crippen molar-refractivity contribution in [1.29, 1.82) is 0 Å². The first-order chi connectivity index (χ1) is 3.93. The summed E-state index contributed by atoms with van der Waals surface area (Å²) >= 11 is 0. The second-order valence-electron chi connectivity index (χ2n) is 1.49. The van der Waals surface area contributed by atoms with Gasteiger partial charge in [-0.3, -0.25) is 10.2 Å². The van der Waals surface area contributed by atoms with E-state index in [0.717, 1.165) is 12.3 Å². The summed E-state index contributed by atoms with van der Waals surface area (Å²) in [4.78, 5) is 9.64. The Morgan fingerprint density at radius 2 is 2.62 bits per heavy atom. The molecule has 8 heavy (non-hydrogen) atoms. The van der Waals surface area contributed by atoms with E-state index in [4.69, 9.17) is 0 Å². The third kappa shape index (κ3) is 1.59. The number of carbonyl (C=O) groups is 1. The van der Waals surface area contributed by atoms with Gasteiger partial charge >= 0.3 is 0 Å². The topological polar surface area (TPSA) is 63.4 Å². The number of amidine groups is 1. The summed E-state index contributed by atoms with van der Waals surface area (Å²) < 4.78 is 0. The lowest BCUT2D eigenvalue weighted by molar-refractivity contribution is -0.109. The van der Waals surface area contributed by atoms with Crippen LogP contribution in [0.3, 0.4) is 0 Å². The van der Waals surface area contributed by atoms with Gasteiger partial charge in [-0.2, -0.15) is 5.10 Å². The van der Waals surface area contributed by atoms with Crippen LogP contribution in [0.2, 0.25) is 0 Å². The molecular formula is C4H7N3O. The van der Waals surface area contributed by atoms with E-state index in [9.17, 15) is 4.79 Å². The molecule has 0 aromatic carbocycles. The standard InChI is InChI=1S/C4H7N3O/c8-3-5-2-1-4-6-7-4/h3H,1-2H2,(H,5,8)(H,6,7). The molecule has 44 valence electrons. The van der Waals surface area contributed by atoms with E-state index < -0.39 is 0 Å². The molecule has 0 saturated carbocycles. The van der Waals surface area contributed by atoms with E-state index in [2.05, 4.69) is 15.8 Å². The molecule has 0 fully saturated rings. The van der Waals surface area contributed by atoms with Crippen LogP contribution in [-0.2, 0) is 4.79 Å². The average Bonchev–Trinajstić information content (AvgIpc) is 2.51. The number of amides is 1. The van der Waals surface area contributed by atoms with Crippen LogP contribution in [-0.4, -0.2) is 18.8 Å². The lowest BCUT2D eigenvalue weighted by atomic mass is 10.4. The van der Waals surface area contributed by atoms with Gasteiger partial charge in [0, 0.05) is 13.0 Å². The van der Waals surface area contributed by atoms with E-state index in [1.54, 1.807) is 0 Å². The van der Waals surface area contributed by atoms with Crippen molar-refractivity contribution in [2.24, 2.45) is 5.10 Å². The van der Waals surface area contributed by atoms with Crippen LogP contribution in [0.25, 0.3) is 0 Å². The van der Waals surface area contributed by atoms with Crippen LogP contribution in [0.1, 0.15) is 6.42 Å². The Labute approximate surface area is 47.0 Å². The Morgan fingerprint density at radius 3 is 3.12 bits per heavy atom. The van der Waals surface area contributed by atoms with Crippen molar-refractivity contribution in [3.8, 4) is 0 Å². The highest BCUT2D eigenvalue weighted by Gasteiger charge is 2.05. The van der Waals surface area contributed by atoms with Gasteiger partial charge in [-0.1, -0.05) is 0 Å². The molecule has 1 rings (SSSR count). The second-order valence-corrected chi connectivity index (χ2v) is 1.49. The molecule has 1 aliphatic rings. The summed E-state index contributed by atoms with van der Waals surface area (Å²) in [5, 5.41) is 6.20. The molecule has 1 heterocycles. The zero-order valence-electron chi connectivity index (χ0n) is 4.35. The zero-order chi connectivity index (χ0) is 5.82. The maximum atomic E-state index is 9.64. The minimum absolute atomic E-state index is 0.676. The first-order valence-corrected chi connectivity index (χ1v) is 2.43. The van der Waals surface area contributed by atoms with Gasteiger partial charge in [-0.05, 0) is 0 Å². The van der Waals surface area contributed by atoms with Gasteiger partial charge in [-0.25, -0.2) is 0 Å². The summed E-state index contributed by atoms with van der Waals surface area (Å²) in [7, 11) is 0. The maximum absolute atomic E-state index is 9.64. The first-order valence-electron chi connectivity index (χ1n) is 2.43. The predicted molar refractivity (Wildman–Crippen MR) is 29.3 cm³/mol. The third-order valence-electron chi connectivity index (χ3n) is 0.859. The average molecular weight is 113 g/mol. The summed E-state index contributed by atoms with van der Waals surface area (Å²) in [6.45, 7) is 0.676. The monoisotopic (exact) mass is 113 g/mol. The summed E-state index contributed by atoms with van der Waals surface area (Å²) in [5.74, 6) is 0.972. The second kappa shape index (κ2) is 2.30. The zero-order valence-corrected chi connectivity index (χ0v) is 4.35. The van der Waals surface area contributed by atoms with Gasteiger partial charge in [0.1, 0.15) is 5.84 Å². The molecule has 4 nitrogen and oxygen atoms in total. The quantitative estimate of drug-likeness (QED) is 0.364. The summed E-state index contributed by atoms with van der Waals surface area (Å²) in [6, 6.07) is 0.